The van der Waals surface area contributed by atoms with E-state index >= 15 is 0 Å². The minimum atomic E-state index is -0.934. The van der Waals surface area contributed by atoms with Crippen LogP contribution < -0.4 is 5.32 Å². The summed E-state index contributed by atoms with van der Waals surface area (Å²) < 4.78 is 0. The number of aliphatic carboxylic acids is 1. The second kappa shape index (κ2) is 5.12. The number of hydrogen-bond acceptors (Lipinski definition) is 2. The smallest absolute Gasteiger partial charge is 0.326 e. The van der Waals surface area contributed by atoms with E-state index in [1.165, 1.54) is 0 Å². The average molecular weight is 251 g/mol. The molecule has 0 aromatic heterocycles. The van der Waals surface area contributed by atoms with E-state index in [1.54, 1.807) is 0 Å². The number of carboxylic acids is 1. The molecule has 18 heavy (non-hydrogen) atoms. The summed E-state index contributed by atoms with van der Waals surface area (Å²) in [6, 6.07) is -0.749. The highest BCUT2D eigenvalue weighted by atomic mass is 16.4. The zero-order valence-electron chi connectivity index (χ0n) is 10.9. The number of allylic oxidation sites excluding steroid dienone is 2. The van der Waals surface area contributed by atoms with Gasteiger partial charge in [-0.3, -0.25) is 4.79 Å². The molecule has 0 saturated heterocycles. The van der Waals surface area contributed by atoms with Gasteiger partial charge in [-0.05, 0) is 37.0 Å². The summed E-state index contributed by atoms with van der Waals surface area (Å²) in [6.45, 7) is 3.92. The molecule has 2 aliphatic carbocycles. The molecule has 4 heteroatoms. The molecular weight excluding hydrogens is 230 g/mol. The van der Waals surface area contributed by atoms with Gasteiger partial charge in [0.15, 0.2) is 0 Å². The topological polar surface area (TPSA) is 66.4 Å². The third-order valence-electron chi connectivity index (χ3n) is 3.94. The van der Waals surface area contributed by atoms with Gasteiger partial charge in [0, 0.05) is 5.92 Å². The van der Waals surface area contributed by atoms with Crippen molar-refractivity contribution >= 4 is 11.9 Å². The van der Waals surface area contributed by atoms with E-state index in [-0.39, 0.29) is 17.7 Å². The fraction of sp³-hybridized carbons (Fsp3) is 0.714. The largest absolute Gasteiger partial charge is 0.480 e. The molecule has 100 valence electrons. The molecule has 2 N–H and O–H groups in total. The fourth-order valence-corrected chi connectivity index (χ4v) is 3.05. The lowest BCUT2D eigenvalue weighted by atomic mass is 9.92. The summed E-state index contributed by atoms with van der Waals surface area (Å²) in [5.74, 6) is 0.0682. The van der Waals surface area contributed by atoms with Crippen LogP contribution in [0, 0.1) is 23.7 Å². The van der Waals surface area contributed by atoms with Crippen molar-refractivity contribution in [2.75, 3.05) is 0 Å². The predicted octanol–water partition coefficient (Wildman–Crippen LogP) is 1.81. The second-order valence-corrected chi connectivity index (χ2v) is 5.92. The molecule has 0 spiro atoms. The normalized spacial score (nSPS) is 30.7. The average Bonchev–Trinajstić information content (AvgIpc) is 2.88. The van der Waals surface area contributed by atoms with E-state index in [1.807, 2.05) is 13.8 Å². The van der Waals surface area contributed by atoms with Gasteiger partial charge in [-0.25, -0.2) is 4.79 Å². The van der Waals surface area contributed by atoms with Crippen LogP contribution in [0.3, 0.4) is 0 Å². The first kappa shape index (κ1) is 13.1. The fourth-order valence-electron chi connectivity index (χ4n) is 3.05. The molecule has 3 unspecified atom stereocenters. The van der Waals surface area contributed by atoms with Crippen LogP contribution in [0.15, 0.2) is 12.2 Å². The molecule has 0 aromatic carbocycles. The van der Waals surface area contributed by atoms with Crippen molar-refractivity contribution in [2.45, 2.75) is 39.2 Å². The maximum atomic E-state index is 12.1. The highest BCUT2D eigenvalue weighted by Gasteiger charge is 2.40. The van der Waals surface area contributed by atoms with Gasteiger partial charge >= 0.3 is 5.97 Å². The van der Waals surface area contributed by atoms with Crippen molar-refractivity contribution in [2.24, 2.45) is 23.7 Å². The number of carboxylic acid groups (broad SMARTS) is 1. The Bertz CT molecular complexity index is 375. The first-order valence-electron chi connectivity index (χ1n) is 6.69. The van der Waals surface area contributed by atoms with Gasteiger partial charge in [-0.1, -0.05) is 26.0 Å². The van der Waals surface area contributed by atoms with Crippen molar-refractivity contribution in [3.8, 4) is 0 Å². The molecule has 4 nitrogen and oxygen atoms in total. The maximum Gasteiger partial charge on any atom is 0.326 e. The van der Waals surface area contributed by atoms with Gasteiger partial charge in [-0.15, -0.1) is 0 Å². The van der Waals surface area contributed by atoms with Crippen LogP contribution in [0.2, 0.25) is 0 Å². The Morgan fingerprint density at radius 2 is 2.06 bits per heavy atom. The van der Waals surface area contributed by atoms with E-state index in [9.17, 15) is 9.59 Å². The lowest BCUT2D eigenvalue weighted by molar-refractivity contribution is -0.143. The second-order valence-electron chi connectivity index (χ2n) is 5.92. The number of nitrogens with one attached hydrogen (secondary N) is 1. The number of hydrogen-bond donors (Lipinski definition) is 2. The Hall–Kier alpha value is -1.32. The van der Waals surface area contributed by atoms with Crippen LogP contribution in [0.25, 0.3) is 0 Å². The summed E-state index contributed by atoms with van der Waals surface area (Å²) >= 11 is 0. The van der Waals surface area contributed by atoms with Gasteiger partial charge in [0.25, 0.3) is 0 Å². The molecule has 2 aliphatic rings. The van der Waals surface area contributed by atoms with E-state index in [2.05, 4.69) is 17.5 Å². The van der Waals surface area contributed by atoms with Crippen molar-refractivity contribution in [3.63, 3.8) is 0 Å². The van der Waals surface area contributed by atoms with Crippen LogP contribution in [-0.4, -0.2) is 23.0 Å². The lowest BCUT2D eigenvalue weighted by Gasteiger charge is -2.22. The highest BCUT2D eigenvalue weighted by Crippen LogP contribution is 2.43. The predicted molar refractivity (Wildman–Crippen MR) is 67.9 cm³/mol. The first-order chi connectivity index (χ1) is 8.47. The number of carbonyl (C=O) groups excluding carboxylic acids is 1. The molecule has 0 radical (unpaired) electrons. The van der Waals surface area contributed by atoms with Gasteiger partial charge < -0.3 is 10.4 Å². The van der Waals surface area contributed by atoms with E-state index in [0.29, 0.717) is 18.3 Å². The standard InChI is InChI=1S/C14H21NO3/c1-8(2)5-12(14(17)18)15-13(16)11-7-9-3-4-10(11)6-9/h3-4,8-12H,5-7H2,1-2H3,(H,15,16)(H,17,18)/t9?,10?,11?,12-/m0/s1. The van der Waals surface area contributed by atoms with E-state index in [0.717, 1.165) is 12.8 Å². The lowest BCUT2D eigenvalue weighted by Crippen LogP contribution is -2.45. The van der Waals surface area contributed by atoms with Crippen LogP contribution in [0.5, 0.6) is 0 Å². The van der Waals surface area contributed by atoms with Crippen LogP contribution in [0.1, 0.15) is 33.1 Å². The Labute approximate surface area is 107 Å². The summed E-state index contributed by atoms with van der Waals surface area (Å²) in [7, 11) is 0. The van der Waals surface area contributed by atoms with Crippen molar-refractivity contribution in [3.05, 3.63) is 12.2 Å². The van der Waals surface area contributed by atoms with Crippen LogP contribution in [-0.2, 0) is 9.59 Å². The summed E-state index contributed by atoms with van der Waals surface area (Å²) in [6.07, 6.45) is 6.70. The van der Waals surface area contributed by atoms with Crippen molar-refractivity contribution in [1.29, 1.82) is 0 Å². The molecule has 1 saturated carbocycles. The number of fused-ring (bicyclic) bond motifs is 2. The van der Waals surface area contributed by atoms with Crippen LogP contribution >= 0.6 is 0 Å². The zero-order chi connectivity index (χ0) is 13.3. The minimum Gasteiger partial charge on any atom is -0.480 e. The van der Waals surface area contributed by atoms with Gasteiger partial charge in [0.05, 0.1) is 0 Å². The third kappa shape index (κ3) is 2.74. The molecule has 4 atom stereocenters. The highest BCUT2D eigenvalue weighted by molar-refractivity contribution is 5.85. The molecule has 1 amide bonds. The molecular formula is C14H21NO3. The Kier molecular flexibility index (Phi) is 3.73. The Balaban J connectivity index is 1.93. The minimum absolute atomic E-state index is 0.0194. The number of carbonyl (C=O) groups is 2. The summed E-state index contributed by atoms with van der Waals surface area (Å²) in [4.78, 5) is 23.2. The SMILES string of the molecule is CC(C)C[C@H](NC(=O)C1CC2C=CC1C2)C(=O)O. The quantitative estimate of drug-likeness (QED) is 0.732. The summed E-state index contributed by atoms with van der Waals surface area (Å²) in [5.41, 5.74) is 0. The monoisotopic (exact) mass is 251 g/mol. The van der Waals surface area contributed by atoms with Crippen molar-refractivity contribution in [1.82, 2.24) is 5.32 Å². The van der Waals surface area contributed by atoms with Crippen LogP contribution in [0.4, 0.5) is 0 Å². The van der Waals surface area contributed by atoms with E-state index < -0.39 is 12.0 Å². The Morgan fingerprint density at radius 3 is 2.50 bits per heavy atom. The van der Waals surface area contributed by atoms with Gasteiger partial charge in [0.1, 0.15) is 6.04 Å². The summed E-state index contributed by atoms with van der Waals surface area (Å²) in [5, 5.41) is 11.8. The molecule has 0 aliphatic heterocycles. The molecule has 2 bridgehead atoms. The maximum absolute atomic E-state index is 12.1. The first-order valence-corrected chi connectivity index (χ1v) is 6.69. The van der Waals surface area contributed by atoms with E-state index in [4.69, 9.17) is 5.11 Å². The molecule has 1 fully saturated rings. The van der Waals surface area contributed by atoms with Crippen molar-refractivity contribution < 1.29 is 14.7 Å². The van der Waals surface area contributed by atoms with Gasteiger partial charge in [-0.2, -0.15) is 0 Å². The molecule has 0 heterocycles. The zero-order valence-corrected chi connectivity index (χ0v) is 10.9. The van der Waals surface area contributed by atoms with Gasteiger partial charge in [0.2, 0.25) is 5.91 Å². The molecule has 2 rings (SSSR count). The number of amides is 1. The third-order valence-corrected chi connectivity index (χ3v) is 3.94. The Morgan fingerprint density at radius 1 is 1.33 bits per heavy atom. The molecule has 0 aromatic rings. The number of rotatable bonds is 5.